The standard InChI is InChI=1S/C16H21BrFNO/c17-12-9-11(5-6-13(12)18)20-15-10-14(19)16(15)7-3-1-2-4-8-16/h5-6,9,14-15H,1-4,7-8,10,19H2. The van der Waals surface area contributed by atoms with Crippen LogP contribution in [0.1, 0.15) is 44.9 Å². The lowest BCUT2D eigenvalue weighted by atomic mass is 9.58. The molecule has 2 N–H and O–H groups in total. The first kappa shape index (κ1) is 14.3. The molecule has 0 radical (unpaired) electrons. The SMILES string of the molecule is NC1CC(Oc2ccc(F)c(Br)c2)C12CCCCCC2. The van der Waals surface area contributed by atoms with Gasteiger partial charge in [0.15, 0.2) is 0 Å². The van der Waals surface area contributed by atoms with Gasteiger partial charge in [0.25, 0.3) is 0 Å². The monoisotopic (exact) mass is 341 g/mol. The zero-order chi connectivity index (χ0) is 14.2. The van der Waals surface area contributed by atoms with Gasteiger partial charge < -0.3 is 10.5 Å². The molecular formula is C16H21BrFNO. The highest BCUT2D eigenvalue weighted by molar-refractivity contribution is 9.10. The molecule has 2 aliphatic rings. The van der Waals surface area contributed by atoms with Gasteiger partial charge in [0.2, 0.25) is 0 Å². The maximum Gasteiger partial charge on any atom is 0.137 e. The summed E-state index contributed by atoms with van der Waals surface area (Å²) in [5, 5.41) is 0. The summed E-state index contributed by atoms with van der Waals surface area (Å²) < 4.78 is 19.9. The predicted molar refractivity (Wildman–Crippen MR) is 81.2 cm³/mol. The first-order valence-corrected chi connectivity index (χ1v) is 8.28. The van der Waals surface area contributed by atoms with E-state index in [1.165, 1.54) is 44.6 Å². The molecule has 1 aromatic rings. The number of halogens is 2. The Morgan fingerprint density at radius 3 is 2.50 bits per heavy atom. The number of hydrogen-bond donors (Lipinski definition) is 1. The summed E-state index contributed by atoms with van der Waals surface area (Å²) in [5.41, 5.74) is 6.46. The van der Waals surface area contributed by atoms with E-state index in [2.05, 4.69) is 15.9 Å². The fraction of sp³-hybridized carbons (Fsp3) is 0.625. The molecule has 1 spiro atoms. The average Bonchev–Trinajstić information content (AvgIpc) is 2.70. The molecule has 2 aliphatic carbocycles. The van der Waals surface area contributed by atoms with Crippen LogP contribution in [0.25, 0.3) is 0 Å². The van der Waals surface area contributed by atoms with Crippen molar-refractivity contribution in [2.24, 2.45) is 11.1 Å². The van der Waals surface area contributed by atoms with E-state index in [0.717, 1.165) is 12.2 Å². The van der Waals surface area contributed by atoms with E-state index in [-0.39, 0.29) is 23.4 Å². The van der Waals surface area contributed by atoms with Gasteiger partial charge in [-0.3, -0.25) is 0 Å². The average molecular weight is 342 g/mol. The molecule has 2 nitrogen and oxygen atoms in total. The lowest BCUT2D eigenvalue weighted by Gasteiger charge is -2.54. The van der Waals surface area contributed by atoms with Crippen LogP contribution >= 0.6 is 15.9 Å². The van der Waals surface area contributed by atoms with E-state index < -0.39 is 0 Å². The number of benzene rings is 1. The molecule has 3 rings (SSSR count). The molecule has 2 fully saturated rings. The van der Waals surface area contributed by atoms with Crippen LogP contribution in [0.15, 0.2) is 22.7 Å². The normalized spacial score (nSPS) is 28.8. The van der Waals surface area contributed by atoms with E-state index in [1.807, 2.05) is 0 Å². The summed E-state index contributed by atoms with van der Waals surface area (Å²) >= 11 is 3.21. The molecule has 20 heavy (non-hydrogen) atoms. The second-order valence-electron chi connectivity index (χ2n) is 6.17. The molecule has 0 amide bonds. The molecule has 0 bridgehead atoms. The Kier molecular flexibility index (Phi) is 4.04. The van der Waals surface area contributed by atoms with Gasteiger partial charge in [-0.05, 0) is 47.0 Å². The van der Waals surface area contributed by atoms with Crippen molar-refractivity contribution in [1.29, 1.82) is 0 Å². The Hall–Kier alpha value is -0.610. The van der Waals surface area contributed by atoms with Crippen LogP contribution in [0.2, 0.25) is 0 Å². The van der Waals surface area contributed by atoms with E-state index in [1.54, 1.807) is 12.1 Å². The Labute approximate surface area is 128 Å². The van der Waals surface area contributed by atoms with Crippen LogP contribution in [0.5, 0.6) is 5.75 Å². The second kappa shape index (κ2) is 5.64. The Bertz CT molecular complexity index is 485. The summed E-state index contributed by atoms with van der Waals surface area (Å²) in [6.45, 7) is 0. The van der Waals surface area contributed by atoms with Crippen molar-refractivity contribution in [3.05, 3.63) is 28.5 Å². The van der Waals surface area contributed by atoms with Crippen LogP contribution in [-0.2, 0) is 0 Å². The molecule has 1 aromatic carbocycles. The van der Waals surface area contributed by atoms with Gasteiger partial charge in [0.05, 0.1) is 4.47 Å². The fourth-order valence-electron chi connectivity index (χ4n) is 3.74. The quantitative estimate of drug-likeness (QED) is 0.864. The molecular weight excluding hydrogens is 321 g/mol. The van der Waals surface area contributed by atoms with E-state index in [4.69, 9.17) is 10.5 Å². The number of rotatable bonds is 2. The Morgan fingerprint density at radius 1 is 1.20 bits per heavy atom. The minimum atomic E-state index is -0.258. The largest absolute Gasteiger partial charge is 0.490 e. The first-order valence-electron chi connectivity index (χ1n) is 7.49. The summed E-state index contributed by atoms with van der Waals surface area (Å²) in [6, 6.07) is 5.12. The van der Waals surface area contributed by atoms with Crippen LogP contribution in [-0.4, -0.2) is 12.1 Å². The molecule has 2 unspecified atom stereocenters. The van der Waals surface area contributed by atoms with Crippen molar-refractivity contribution >= 4 is 15.9 Å². The summed E-state index contributed by atoms with van der Waals surface area (Å²) in [5.74, 6) is 0.477. The van der Waals surface area contributed by atoms with E-state index in [9.17, 15) is 4.39 Å². The molecule has 0 heterocycles. The zero-order valence-electron chi connectivity index (χ0n) is 11.6. The van der Waals surface area contributed by atoms with Crippen molar-refractivity contribution in [2.75, 3.05) is 0 Å². The first-order chi connectivity index (χ1) is 9.62. The predicted octanol–water partition coefficient (Wildman–Crippen LogP) is 4.41. The van der Waals surface area contributed by atoms with Gasteiger partial charge in [0, 0.05) is 17.9 Å². The molecule has 0 aliphatic heterocycles. The maximum atomic E-state index is 13.3. The number of ether oxygens (including phenoxy) is 1. The highest BCUT2D eigenvalue weighted by atomic mass is 79.9. The van der Waals surface area contributed by atoms with Crippen molar-refractivity contribution in [2.45, 2.75) is 57.1 Å². The molecule has 110 valence electrons. The topological polar surface area (TPSA) is 35.2 Å². The third-order valence-electron chi connectivity index (χ3n) is 5.05. The van der Waals surface area contributed by atoms with Crippen molar-refractivity contribution in [3.8, 4) is 5.75 Å². The minimum Gasteiger partial charge on any atom is -0.490 e. The highest BCUT2D eigenvalue weighted by Crippen LogP contribution is 2.51. The molecule has 4 heteroatoms. The third kappa shape index (κ3) is 2.48. The van der Waals surface area contributed by atoms with Crippen LogP contribution in [0.3, 0.4) is 0 Å². The maximum absolute atomic E-state index is 13.3. The van der Waals surface area contributed by atoms with Crippen molar-refractivity contribution in [3.63, 3.8) is 0 Å². The van der Waals surface area contributed by atoms with Gasteiger partial charge in [0.1, 0.15) is 17.7 Å². The van der Waals surface area contributed by atoms with E-state index >= 15 is 0 Å². The second-order valence-corrected chi connectivity index (χ2v) is 7.03. The van der Waals surface area contributed by atoms with Gasteiger partial charge in [-0.15, -0.1) is 0 Å². The lowest BCUT2D eigenvalue weighted by Crippen LogP contribution is -2.63. The summed E-state index contributed by atoms with van der Waals surface area (Å²) in [7, 11) is 0. The van der Waals surface area contributed by atoms with Crippen molar-refractivity contribution < 1.29 is 9.13 Å². The third-order valence-corrected chi connectivity index (χ3v) is 5.66. The number of hydrogen-bond acceptors (Lipinski definition) is 2. The fourth-order valence-corrected chi connectivity index (χ4v) is 4.10. The van der Waals surface area contributed by atoms with Crippen LogP contribution in [0, 0.1) is 11.2 Å². The van der Waals surface area contributed by atoms with Crippen LogP contribution in [0.4, 0.5) is 4.39 Å². The molecule has 0 saturated heterocycles. The van der Waals surface area contributed by atoms with Gasteiger partial charge >= 0.3 is 0 Å². The molecule has 2 saturated carbocycles. The molecule has 2 atom stereocenters. The lowest BCUT2D eigenvalue weighted by molar-refractivity contribution is -0.0770. The zero-order valence-corrected chi connectivity index (χ0v) is 13.2. The van der Waals surface area contributed by atoms with Crippen LogP contribution < -0.4 is 10.5 Å². The Morgan fingerprint density at radius 2 is 1.90 bits per heavy atom. The molecule has 0 aromatic heterocycles. The summed E-state index contributed by atoms with van der Waals surface area (Å²) in [4.78, 5) is 0. The van der Waals surface area contributed by atoms with E-state index in [0.29, 0.717) is 4.47 Å². The minimum absolute atomic E-state index is 0.150. The summed E-state index contributed by atoms with van der Waals surface area (Å²) in [6.07, 6.45) is 8.55. The highest BCUT2D eigenvalue weighted by Gasteiger charge is 2.54. The van der Waals surface area contributed by atoms with Gasteiger partial charge in [-0.1, -0.05) is 25.7 Å². The van der Waals surface area contributed by atoms with Gasteiger partial charge in [-0.2, -0.15) is 0 Å². The van der Waals surface area contributed by atoms with Gasteiger partial charge in [-0.25, -0.2) is 4.39 Å². The van der Waals surface area contributed by atoms with Crippen molar-refractivity contribution in [1.82, 2.24) is 0 Å². The smallest absolute Gasteiger partial charge is 0.137 e. The number of nitrogens with two attached hydrogens (primary N) is 1. The Balaban J connectivity index is 1.75.